The van der Waals surface area contributed by atoms with Crippen molar-refractivity contribution in [2.24, 2.45) is 4.99 Å². The van der Waals surface area contributed by atoms with Crippen molar-refractivity contribution in [2.45, 2.75) is 26.1 Å². The van der Waals surface area contributed by atoms with E-state index in [1.807, 2.05) is 47.9 Å². The minimum atomic E-state index is -0.752. The zero-order chi connectivity index (χ0) is 21.7. The molecule has 3 amide bonds. The summed E-state index contributed by atoms with van der Waals surface area (Å²) in [6.45, 7) is 3.41. The average Bonchev–Trinajstić information content (AvgIpc) is 3.25. The first-order chi connectivity index (χ1) is 14.3. The number of ether oxygens (including phenoxy) is 2. The highest BCUT2D eigenvalue weighted by Crippen LogP contribution is 2.40. The third kappa shape index (κ3) is 2.71. The highest BCUT2D eigenvalue weighted by Gasteiger charge is 2.56. The molecule has 0 aromatic heterocycles. The molecule has 1 aromatic carbocycles. The average molecular weight is 413 g/mol. The van der Waals surface area contributed by atoms with Gasteiger partial charge in [0.1, 0.15) is 12.3 Å². The predicted octanol–water partition coefficient (Wildman–Crippen LogP) is 1.20. The zero-order valence-corrected chi connectivity index (χ0v) is 17.4. The summed E-state index contributed by atoms with van der Waals surface area (Å²) in [6, 6.07) is 6.20. The first-order valence-electron chi connectivity index (χ1n) is 9.43. The Morgan fingerprint density at radius 2 is 1.90 bits per heavy atom. The van der Waals surface area contributed by atoms with Gasteiger partial charge in [-0.1, -0.05) is 6.07 Å². The maximum Gasteiger partial charge on any atom is 0.328 e. The SMILES string of the molecule is COC(=O)CN1C(=O)C2C(N=C3N(c4cccc(OC)c4)C(C)=C(C)N32)N(C)C1=O. The van der Waals surface area contributed by atoms with Crippen molar-refractivity contribution in [1.29, 1.82) is 0 Å². The summed E-state index contributed by atoms with van der Waals surface area (Å²) in [6.07, 6.45) is -0.690. The number of imide groups is 1. The van der Waals surface area contributed by atoms with Crippen LogP contribution in [0.25, 0.3) is 0 Å². The Kier molecular flexibility index (Phi) is 4.64. The number of benzene rings is 1. The number of aliphatic imine (C=N–C) groups is 1. The van der Waals surface area contributed by atoms with Crippen molar-refractivity contribution in [1.82, 2.24) is 14.7 Å². The first kappa shape index (κ1) is 19.7. The van der Waals surface area contributed by atoms with Gasteiger partial charge in [-0.05, 0) is 26.0 Å². The number of allylic oxidation sites excluding steroid dienone is 2. The van der Waals surface area contributed by atoms with Gasteiger partial charge < -0.3 is 14.4 Å². The van der Waals surface area contributed by atoms with Gasteiger partial charge in [0.25, 0.3) is 5.91 Å². The number of guanidine groups is 1. The summed E-state index contributed by atoms with van der Waals surface area (Å²) in [5.74, 6) is 0.110. The molecule has 0 N–H and O–H groups in total. The van der Waals surface area contributed by atoms with Crippen LogP contribution in [0.4, 0.5) is 10.5 Å². The molecule has 3 heterocycles. The van der Waals surface area contributed by atoms with E-state index in [-0.39, 0.29) is 0 Å². The molecule has 30 heavy (non-hydrogen) atoms. The lowest BCUT2D eigenvalue weighted by Crippen LogP contribution is -2.65. The molecule has 3 aliphatic heterocycles. The van der Waals surface area contributed by atoms with E-state index in [9.17, 15) is 14.4 Å². The fraction of sp³-hybridized carbons (Fsp3) is 0.400. The van der Waals surface area contributed by atoms with E-state index in [0.29, 0.717) is 11.7 Å². The Balaban J connectivity index is 1.74. The number of esters is 1. The number of likely N-dealkylation sites (N-methyl/N-ethyl adjacent to an activating group) is 1. The van der Waals surface area contributed by atoms with Crippen LogP contribution in [0, 0.1) is 0 Å². The molecule has 0 bridgehead atoms. The number of rotatable bonds is 4. The van der Waals surface area contributed by atoms with Crippen molar-refractivity contribution in [3.8, 4) is 5.75 Å². The standard InChI is InChI=1S/C20H23N5O5/c1-11-12(2)25-16-17(22(3)20(28)23(18(16)27)10-15(26)30-5)21-19(25)24(11)13-7-6-8-14(9-13)29-4/h6-9,16-17H,10H2,1-5H3. The fourth-order valence-corrected chi connectivity index (χ4v) is 4.01. The second kappa shape index (κ2) is 7.05. The molecule has 0 aliphatic carbocycles. The minimum absolute atomic E-state index is 0.438. The number of nitrogens with zero attached hydrogens (tertiary/aromatic N) is 5. The largest absolute Gasteiger partial charge is 0.497 e. The van der Waals surface area contributed by atoms with Gasteiger partial charge >= 0.3 is 12.0 Å². The number of carbonyl (C=O) groups is 3. The van der Waals surface area contributed by atoms with Gasteiger partial charge in [-0.25, -0.2) is 9.79 Å². The van der Waals surface area contributed by atoms with Gasteiger partial charge in [0.15, 0.2) is 12.2 Å². The smallest absolute Gasteiger partial charge is 0.328 e. The molecule has 10 heteroatoms. The Labute approximate surface area is 173 Å². The van der Waals surface area contributed by atoms with E-state index in [1.165, 1.54) is 12.0 Å². The summed E-state index contributed by atoms with van der Waals surface area (Å²) in [4.78, 5) is 48.5. The number of fused-ring (bicyclic) bond motifs is 3. The summed E-state index contributed by atoms with van der Waals surface area (Å²) in [5.41, 5.74) is 2.59. The normalized spacial score (nSPS) is 23.0. The lowest BCUT2D eigenvalue weighted by atomic mass is 10.1. The number of urea groups is 1. The maximum atomic E-state index is 13.2. The Hall–Kier alpha value is -3.56. The van der Waals surface area contributed by atoms with Gasteiger partial charge in [0.2, 0.25) is 5.96 Å². The second-order valence-corrected chi connectivity index (χ2v) is 7.26. The third-order valence-corrected chi connectivity index (χ3v) is 5.72. The van der Waals surface area contributed by atoms with Crippen LogP contribution in [0.2, 0.25) is 0 Å². The van der Waals surface area contributed by atoms with Gasteiger partial charge in [-0.3, -0.25) is 24.3 Å². The Bertz CT molecular complexity index is 1000. The number of methoxy groups -OCH3 is 2. The Morgan fingerprint density at radius 3 is 2.57 bits per heavy atom. The molecule has 0 radical (unpaired) electrons. The fourth-order valence-electron chi connectivity index (χ4n) is 4.01. The van der Waals surface area contributed by atoms with Crippen LogP contribution in [0.1, 0.15) is 13.8 Å². The molecule has 4 rings (SSSR count). The predicted molar refractivity (Wildman–Crippen MR) is 108 cm³/mol. The number of hydrogen-bond donors (Lipinski definition) is 0. The van der Waals surface area contributed by atoms with E-state index < -0.39 is 36.7 Å². The van der Waals surface area contributed by atoms with Crippen LogP contribution in [-0.2, 0) is 14.3 Å². The quantitative estimate of drug-likeness (QED) is 0.685. The highest BCUT2D eigenvalue weighted by atomic mass is 16.5. The maximum absolute atomic E-state index is 13.2. The van der Waals surface area contributed by atoms with E-state index in [0.717, 1.165) is 22.0 Å². The molecule has 1 fully saturated rings. The Morgan fingerprint density at radius 1 is 1.17 bits per heavy atom. The number of amides is 3. The third-order valence-electron chi connectivity index (χ3n) is 5.72. The monoisotopic (exact) mass is 413 g/mol. The second-order valence-electron chi connectivity index (χ2n) is 7.26. The van der Waals surface area contributed by atoms with Crippen LogP contribution in [-0.4, -0.2) is 78.6 Å². The molecule has 2 atom stereocenters. The summed E-state index contributed by atoms with van der Waals surface area (Å²) in [7, 11) is 4.39. The molecule has 3 aliphatic rings. The van der Waals surface area contributed by atoms with Crippen LogP contribution in [0.15, 0.2) is 40.7 Å². The molecular weight excluding hydrogens is 390 g/mol. The van der Waals surface area contributed by atoms with E-state index in [1.54, 1.807) is 14.2 Å². The number of carbonyl (C=O) groups excluding carboxylic acids is 3. The van der Waals surface area contributed by atoms with Crippen LogP contribution in [0.5, 0.6) is 5.75 Å². The summed E-state index contributed by atoms with van der Waals surface area (Å²) < 4.78 is 9.98. The van der Waals surface area contributed by atoms with Gasteiger partial charge in [-0.2, -0.15) is 0 Å². The van der Waals surface area contributed by atoms with Crippen LogP contribution >= 0.6 is 0 Å². The van der Waals surface area contributed by atoms with Crippen LogP contribution in [0.3, 0.4) is 0 Å². The number of hydrogen-bond acceptors (Lipinski definition) is 8. The van der Waals surface area contributed by atoms with Gasteiger partial charge in [-0.15, -0.1) is 0 Å². The first-order valence-corrected chi connectivity index (χ1v) is 9.43. The number of anilines is 1. The van der Waals surface area contributed by atoms with E-state index in [4.69, 9.17) is 9.73 Å². The minimum Gasteiger partial charge on any atom is -0.497 e. The summed E-state index contributed by atoms with van der Waals surface area (Å²) >= 11 is 0. The van der Waals surface area contributed by atoms with Crippen molar-refractivity contribution < 1.29 is 23.9 Å². The molecule has 10 nitrogen and oxygen atoms in total. The van der Waals surface area contributed by atoms with Crippen molar-refractivity contribution in [3.63, 3.8) is 0 Å². The zero-order valence-electron chi connectivity index (χ0n) is 17.4. The van der Waals surface area contributed by atoms with Gasteiger partial charge in [0.05, 0.1) is 19.9 Å². The van der Waals surface area contributed by atoms with Crippen molar-refractivity contribution >= 4 is 29.6 Å². The van der Waals surface area contributed by atoms with Crippen molar-refractivity contribution in [2.75, 3.05) is 32.7 Å². The molecule has 1 aromatic rings. The molecule has 1 saturated heterocycles. The lowest BCUT2D eigenvalue weighted by Gasteiger charge is -2.40. The van der Waals surface area contributed by atoms with E-state index >= 15 is 0 Å². The van der Waals surface area contributed by atoms with Crippen LogP contribution < -0.4 is 9.64 Å². The highest BCUT2D eigenvalue weighted by molar-refractivity contribution is 6.11. The van der Waals surface area contributed by atoms with E-state index in [2.05, 4.69) is 4.74 Å². The van der Waals surface area contributed by atoms with Crippen molar-refractivity contribution in [3.05, 3.63) is 35.7 Å². The molecule has 0 saturated carbocycles. The summed E-state index contributed by atoms with van der Waals surface area (Å²) in [5, 5.41) is 0. The molecular formula is C20H23N5O5. The molecule has 0 spiro atoms. The molecule has 158 valence electrons. The van der Waals surface area contributed by atoms with Gasteiger partial charge in [0, 0.05) is 24.5 Å². The topological polar surface area (TPSA) is 95.0 Å². The molecule has 2 unspecified atom stereocenters. The lowest BCUT2D eigenvalue weighted by molar-refractivity contribution is -0.148.